The Morgan fingerprint density at radius 3 is 2.61 bits per heavy atom. The summed E-state index contributed by atoms with van der Waals surface area (Å²) in [7, 11) is 0. The fourth-order valence-electron chi connectivity index (χ4n) is 3.64. The maximum atomic E-state index is 12.4. The molecule has 6 heteroatoms. The highest BCUT2D eigenvalue weighted by Gasteiger charge is 2.38. The van der Waals surface area contributed by atoms with Gasteiger partial charge in [0.2, 0.25) is 0 Å². The van der Waals surface area contributed by atoms with E-state index in [0.29, 0.717) is 18.4 Å². The molecule has 6 nitrogen and oxygen atoms in total. The Hall–Kier alpha value is -1.79. The monoisotopic (exact) mass is 317 g/mol. The van der Waals surface area contributed by atoms with Gasteiger partial charge in [0.25, 0.3) is 0 Å². The van der Waals surface area contributed by atoms with Crippen LogP contribution in [0.3, 0.4) is 0 Å². The number of amides is 2. The number of likely N-dealkylation sites (tertiary alicyclic amines) is 1. The highest BCUT2D eigenvalue weighted by molar-refractivity contribution is 5.89. The van der Waals surface area contributed by atoms with E-state index in [1.54, 1.807) is 0 Å². The summed E-state index contributed by atoms with van der Waals surface area (Å²) in [4.78, 5) is 14.3. The molecule has 2 N–H and O–H groups in total. The van der Waals surface area contributed by atoms with Gasteiger partial charge in [-0.15, -0.1) is 0 Å². The standard InChI is InChI=1S/C17H23N3O3/c21-17(20-9-12-7-18-8-13(12)10-20)19-14-1-3-15(4-2-14)23-16-5-6-22-11-16/h1-4,12-13,16,18H,5-11H2,(H,19,21)/t12-,13+,16?. The molecule has 3 atom stereocenters. The molecule has 3 aliphatic heterocycles. The lowest BCUT2D eigenvalue weighted by Gasteiger charge is -2.18. The topological polar surface area (TPSA) is 62.8 Å². The van der Waals surface area contributed by atoms with Gasteiger partial charge in [0.15, 0.2) is 0 Å². The van der Waals surface area contributed by atoms with E-state index in [9.17, 15) is 4.79 Å². The number of fused-ring (bicyclic) bond motifs is 1. The maximum absolute atomic E-state index is 12.4. The van der Waals surface area contributed by atoms with Gasteiger partial charge in [-0.05, 0) is 36.1 Å². The second-order valence-corrected chi connectivity index (χ2v) is 6.64. The SMILES string of the molecule is O=C(Nc1ccc(OC2CCOC2)cc1)N1C[C@H]2CNC[C@H]2C1. The number of ether oxygens (including phenoxy) is 2. The zero-order valence-corrected chi connectivity index (χ0v) is 13.2. The normalized spacial score (nSPS) is 29.6. The lowest BCUT2D eigenvalue weighted by Crippen LogP contribution is -2.35. The van der Waals surface area contributed by atoms with Crippen LogP contribution in [0.1, 0.15) is 6.42 Å². The summed E-state index contributed by atoms with van der Waals surface area (Å²) in [6.45, 7) is 5.20. The highest BCUT2D eigenvalue weighted by Crippen LogP contribution is 2.27. The molecule has 0 radical (unpaired) electrons. The van der Waals surface area contributed by atoms with Crippen molar-refractivity contribution < 1.29 is 14.3 Å². The van der Waals surface area contributed by atoms with Gasteiger partial charge >= 0.3 is 6.03 Å². The molecule has 1 aromatic rings. The molecular weight excluding hydrogens is 294 g/mol. The van der Waals surface area contributed by atoms with Crippen LogP contribution in [-0.4, -0.2) is 56.4 Å². The lowest BCUT2D eigenvalue weighted by atomic mass is 10.0. The Kier molecular flexibility index (Phi) is 4.10. The van der Waals surface area contributed by atoms with E-state index in [1.165, 1.54) is 0 Å². The zero-order valence-electron chi connectivity index (χ0n) is 13.2. The number of carbonyl (C=O) groups is 1. The minimum atomic E-state index is -0.00254. The van der Waals surface area contributed by atoms with Crippen molar-refractivity contribution in [2.24, 2.45) is 11.8 Å². The maximum Gasteiger partial charge on any atom is 0.321 e. The Balaban J connectivity index is 1.31. The predicted molar refractivity (Wildman–Crippen MR) is 86.7 cm³/mol. The van der Waals surface area contributed by atoms with E-state index in [-0.39, 0.29) is 12.1 Å². The molecule has 0 bridgehead atoms. The molecular formula is C17H23N3O3. The Labute approximate surface area is 136 Å². The molecule has 124 valence electrons. The number of benzene rings is 1. The van der Waals surface area contributed by atoms with Crippen LogP contribution in [0.4, 0.5) is 10.5 Å². The first-order valence-electron chi connectivity index (χ1n) is 8.39. The van der Waals surface area contributed by atoms with Crippen molar-refractivity contribution in [3.63, 3.8) is 0 Å². The second kappa shape index (κ2) is 6.37. The molecule has 3 fully saturated rings. The van der Waals surface area contributed by atoms with Crippen LogP contribution in [-0.2, 0) is 4.74 Å². The quantitative estimate of drug-likeness (QED) is 0.888. The molecule has 0 spiro atoms. The average Bonchev–Trinajstić information content (AvgIpc) is 3.25. The van der Waals surface area contributed by atoms with E-state index >= 15 is 0 Å². The van der Waals surface area contributed by atoms with Crippen LogP contribution in [0.2, 0.25) is 0 Å². The third-order valence-corrected chi connectivity index (χ3v) is 4.97. The van der Waals surface area contributed by atoms with Crippen LogP contribution in [0.15, 0.2) is 24.3 Å². The summed E-state index contributed by atoms with van der Waals surface area (Å²) in [6.07, 6.45) is 1.08. The first kappa shape index (κ1) is 14.8. The molecule has 0 aromatic heterocycles. The third kappa shape index (κ3) is 3.28. The van der Waals surface area contributed by atoms with Crippen molar-refractivity contribution in [3.05, 3.63) is 24.3 Å². The van der Waals surface area contributed by atoms with Crippen LogP contribution in [0, 0.1) is 11.8 Å². The van der Waals surface area contributed by atoms with Gasteiger partial charge in [0, 0.05) is 38.3 Å². The Morgan fingerprint density at radius 1 is 1.22 bits per heavy atom. The summed E-state index contributed by atoms with van der Waals surface area (Å²) in [6, 6.07) is 7.58. The van der Waals surface area contributed by atoms with E-state index in [2.05, 4.69) is 10.6 Å². The number of nitrogens with zero attached hydrogens (tertiary/aromatic N) is 1. The fraction of sp³-hybridized carbons (Fsp3) is 0.588. The van der Waals surface area contributed by atoms with Gasteiger partial charge in [-0.25, -0.2) is 4.79 Å². The van der Waals surface area contributed by atoms with Gasteiger partial charge in [-0.1, -0.05) is 0 Å². The van der Waals surface area contributed by atoms with Crippen molar-refractivity contribution in [2.75, 3.05) is 44.7 Å². The molecule has 1 aromatic carbocycles. The van der Waals surface area contributed by atoms with Gasteiger partial charge < -0.3 is 25.0 Å². The summed E-state index contributed by atoms with van der Waals surface area (Å²) >= 11 is 0. The minimum Gasteiger partial charge on any atom is -0.488 e. The number of carbonyl (C=O) groups excluding carboxylic acids is 1. The molecule has 23 heavy (non-hydrogen) atoms. The second-order valence-electron chi connectivity index (χ2n) is 6.64. The molecule has 0 saturated carbocycles. The Morgan fingerprint density at radius 2 is 1.96 bits per heavy atom. The summed E-state index contributed by atoms with van der Waals surface area (Å²) in [5.41, 5.74) is 0.806. The first-order valence-corrected chi connectivity index (χ1v) is 8.39. The zero-order chi connectivity index (χ0) is 15.6. The summed E-state index contributed by atoms with van der Waals surface area (Å²) in [5.74, 6) is 2.05. The van der Waals surface area contributed by atoms with E-state index in [4.69, 9.17) is 9.47 Å². The third-order valence-electron chi connectivity index (χ3n) is 4.97. The number of rotatable bonds is 3. The minimum absolute atomic E-state index is 0.00254. The van der Waals surface area contributed by atoms with E-state index in [1.807, 2.05) is 29.2 Å². The van der Waals surface area contributed by atoms with Crippen molar-refractivity contribution in [1.82, 2.24) is 10.2 Å². The van der Waals surface area contributed by atoms with Gasteiger partial charge in [-0.3, -0.25) is 0 Å². The number of anilines is 1. The van der Waals surface area contributed by atoms with Gasteiger partial charge in [0.1, 0.15) is 11.9 Å². The predicted octanol–water partition coefficient (Wildman–Crippen LogP) is 1.54. The molecule has 4 rings (SSSR count). The fourth-order valence-corrected chi connectivity index (χ4v) is 3.64. The number of hydrogen-bond acceptors (Lipinski definition) is 4. The Bertz CT molecular complexity index is 545. The largest absolute Gasteiger partial charge is 0.488 e. The van der Waals surface area contributed by atoms with Crippen molar-refractivity contribution in [3.8, 4) is 5.75 Å². The van der Waals surface area contributed by atoms with Crippen molar-refractivity contribution in [2.45, 2.75) is 12.5 Å². The molecule has 3 heterocycles. The van der Waals surface area contributed by atoms with Crippen molar-refractivity contribution >= 4 is 11.7 Å². The number of hydrogen-bond donors (Lipinski definition) is 2. The number of urea groups is 1. The van der Waals surface area contributed by atoms with Crippen LogP contribution < -0.4 is 15.4 Å². The van der Waals surface area contributed by atoms with Crippen LogP contribution in [0.5, 0.6) is 5.75 Å². The molecule has 3 saturated heterocycles. The molecule has 2 amide bonds. The van der Waals surface area contributed by atoms with E-state index < -0.39 is 0 Å². The first-order chi connectivity index (χ1) is 11.3. The molecule has 0 aliphatic carbocycles. The highest BCUT2D eigenvalue weighted by atomic mass is 16.5. The summed E-state index contributed by atoms with van der Waals surface area (Å²) < 4.78 is 11.1. The van der Waals surface area contributed by atoms with Crippen LogP contribution >= 0.6 is 0 Å². The molecule has 3 aliphatic rings. The molecule has 1 unspecified atom stereocenters. The van der Waals surface area contributed by atoms with Crippen molar-refractivity contribution in [1.29, 1.82) is 0 Å². The summed E-state index contributed by atoms with van der Waals surface area (Å²) in [5, 5.41) is 6.37. The van der Waals surface area contributed by atoms with Gasteiger partial charge in [-0.2, -0.15) is 0 Å². The van der Waals surface area contributed by atoms with Gasteiger partial charge in [0.05, 0.1) is 13.2 Å². The smallest absolute Gasteiger partial charge is 0.321 e. The number of nitrogens with one attached hydrogen (secondary N) is 2. The lowest BCUT2D eigenvalue weighted by molar-refractivity contribution is 0.141. The van der Waals surface area contributed by atoms with E-state index in [0.717, 1.165) is 50.6 Å². The van der Waals surface area contributed by atoms with Crippen LogP contribution in [0.25, 0.3) is 0 Å². The average molecular weight is 317 g/mol.